The number of aliphatic hydroxyl groups excluding tert-OH is 1. The summed E-state index contributed by atoms with van der Waals surface area (Å²) in [5.74, 6) is 0.00948. The molecule has 0 amide bonds. The van der Waals surface area contributed by atoms with Crippen LogP contribution in [0.1, 0.15) is 12.5 Å². The van der Waals surface area contributed by atoms with E-state index in [1.807, 2.05) is 0 Å². The minimum atomic E-state index is -4.50. The van der Waals surface area contributed by atoms with Crippen LogP contribution in [-0.2, 0) is 10.4 Å². The molecule has 1 rings (SSSR count). The zero-order valence-electron chi connectivity index (χ0n) is 8.57. The zero-order valence-corrected chi connectivity index (χ0v) is 9.39. The summed E-state index contributed by atoms with van der Waals surface area (Å²) in [5, 5.41) is 9.02. The van der Waals surface area contributed by atoms with E-state index in [9.17, 15) is 8.42 Å². The van der Waals surface area contributed by atoms with Crippen LogP contribution in [0.15, 0.2) is 30.3 Å². The molecular formula is C10H12O5S. The fourth-order valence-corrected chi connectivity index (χ4v) is 1.39. The highest BCUT2D eigenvalue weighted by Crippen LogP contribution is 2.16. The van der Waals surface area contributed by atoms with E-state index >= 15 is 0 Å². The van der Waals surface area contributed by atoms with Gasteiger partial charge in [-0.25, -0.2) is 0 Å². The van der Waals surface area contributed by atoms with Crippen molar-refractivity contribution in [3.8, 4) is 5.75 Å². The molecule has 1 aromatic carbocycles. The highest BCUT2D eigenvalue weighted by molar-refractivity contribution is 7.81. The second-order valence-corrected chi connectivity index (χ2v) is 4.21. The minimum Gasteiger partial charge on any atom is -0.389 e. The van der Waals surface area contributed by atoms with Crippen molar-refractivity contribution in [1.29, 1.82) is 0 Å². The van der Waals surface area contributed by atoms with Crippen molar-refractivity contribution < 1.29 is 22.3 Å². The third kappa shape index (κ3) is 4.92. The molecule has 1 unspecified atom stereocenters. The van der Waals surface area contributed by atoms with Crippen LogP contribution in [0, 0.1) is 0 Å². The Kier molecular flexibility index (Phi) is 4.05. The number of aliphatic hydroxyl groups is 1. The first-order valence-electron chi connectivity index (χ1n) is 4.50. The summed E-state index contributed by atoms with van der Waals surface area (Å²) in [6.45, 7) is 1.59. The predicted molar refractivity (Wildman–Crippen MR) is 59.3 cm³/mol. The number of hydrogen-bond donors (Lipinski definition) is 2. The smallest absolute Gasteiger partial charge is 0.389 e. The van der Waals surface area contributed by atoms with Gasteiger partial charge in [0.15, 0.2) is 0 Å². The maximum Gasteiger partial charge on any atom is 0.446 e. The quantitative estimate of drug-likeness (QED) is 0.779. The first-order valence-corrected chi connectivity index (χ1v) is 5.86. The summed E-state index contributed by atoms with van der Waals surface area (Å²) in [6.07, 6.45) is 2.56. The van der Waals surface area contributed by atoms with Crippen LogP contribution in [0.2, 0.25) is 0 Å². The Morgan fingerprint density at radius 3 is 2.69 bits per heavy atom. The van der Waals surface area contributed by atoms with Crippen LogP contribution < -0.4 is 4.18 Å². The van der Waals surface area contributed by atoms with Crippen LogP contribution in [0.3, 0.4) is 0 Å². The lowest BCUT2D eigenvalue weighted by molar-refractivity contribution is 0.245. The monoisotopic (exact) mass is 244 g/mol. The van der Waals surface area contributed by atoms with Gasteiger partial charge in [-0.05, 0) is 24.6 Å². The molecule has 16 heavy (non-hydrogen) atoms. The molecular weight excluding hydrogens is 232 g/mol. The van der Waals surface area contributed by atoms with Gasteiger partial charge in [0.1, 0.15) is 5.75 Å². The molecule has 0 saturated heterocycles. The van der Waals surface area contributed by atoms with Crippen molar-refractivity contribution in [2.45, 2.75) is 13.0 Å². The fourth-order valence-electron chi connectivity index (χ4n) is 1.04. The minimum absolute atomic E-state index is 0.00948. The molecule has 0 aliphatic rings. The Labute approximate surface area is 93.9 Å². The molecule has 0 bridgehead atoms. The van der Waals surface area contributed by atoms with Gasteiger partial charge in [-0.2, -0.15) is 8.42 Å². The second-order valence-electron chi connectivity index (χ2n) is 3.18. The fraction of sp³-hybridized carbons (Fsp3) is 0.200. The highest BCUT2D eigenvalue weighted by Gasteiger charge is 2.06. The van der Waals surface area contributed by atoms with Crippen molar-refractivity contribution in [1.82, 2.24) is 0 Å². The number of benzene rings is 1. The maximum absolute atomic E-state index is 10.5. The summed E-state index contributed by atoms with van der Waals surface area (Å²) >= 11 is 0. The Morgan fingerprint density at radius 2 is 2.12 bits per heavy atom. The van der Waals surface area contributed by atoms with Crippen LogP contribution in [0.25, 0.3) is 6.08 Å². The molecule has 88 valence electrons. The normalized spacial score (nSPS) is 13.9. The molecule has 2 N–H and O–H groups in total. The molecule has 0 radical (unpaired) electrons. The zero-order chi connectivity index (χ0) is 12.2. The van der Waals surface area contributed by atoms with E-state index in [0.29, 0.717) is 5.56 Å². The molecule has 6 heteroatoms. The maximum atomic E-state index is 10.5. The van der Waals surface area contributed by atoms with Crippen LogP contribution in [0.5, 0.6) is 5.75 Å². The van der Waals surface area contributed by atoms with Gasteiger partial charge >= 0.3 is 10.4 Å². The van der Waals surface area contributed by atoms with Gasteiger partial charge in [0.2, 0.25) is 0 Å². The molecule has 0 heterocycles. The van der Waals surface area contributed by atoms with E-state index in [2.05, 4.69) is 4.18 Å². The Hall–Kier alpha value is -1.37. The van der Waals surface area contributed by atoms with Crippen LogP contribution in [-0.4, -0.2) is 24.2 Å². The molecule has 0 saturated carbocycles. The van der Waals surface area contributed by atoms with E-state index in [1.165, 1.54) is 18.2 Å². The second kappa shape index (κ2) is 5.11. The Bertz CT molecular complexity index is 476. The van der Waals surface area contributed by atoms with Crippen molar-refractivity contribution in [2.24, 2.45) is 0 Å². The van der Waals surface area contributed by atoms with Crippen molar-refractivity contribution >= 4 is 16.5 Å². The number of rotatable bonds is 4. The summed E-state index contributed by atoms with van der Waals surface area (Å²) in [5.41, 5.74) is 0.655. The standard InChI is InChI=1S/C10H12O5S/c1-8(11)5-6-9-3-2-4-10(7-9)15-16(12,13)14/h2-8,11H,1H3,(H,12,13,14)/b6-5+. The largest absolute Gasteiger partial charge is 0.446 e. The molecule has 1 atom stereocenters. The van der Waals surface area contributed by atoms with Crippen molar-refractivity contribution in [2.75, 3.05) is 0 Å². The molecule has 0 fully saturated rings. The van der Waals surface area contributed by atoms with Crippen molar-refractivity contribution in [3.63, 3.8) is 0 Å². The SMILES string of the molecule is CC(O)/C=C/c1cccc(OS(=O)(=O)O)c1. The van der Waals surface area contributed by atoms with Gasteiger partial charge < -0.3 is 9.29 Å². The van der Waals surface area contributed by atoms with E-state index in [0.717, 1.165) is 0 Å². The van der Waals surface area contributed by atoms with E-state index in [-0.39, 0.29) is 5.75 Å². The molecule has 0 aliphatic heterocycles. The van der Waals surface area contributed by atoms with Gasteiger partial charge in [0, 0.05) is 0 Å². The van der Waals surface area contributed by atoms with Gasteiger partial charge in [0.25, 0.3) is 0 Å². The predicted octanol–water partition coefficient (Wildman–Crippen LogP) is 1.26. The summed E-state index contributed by atoms with van der Waals surface area (Å²) in [7, 11) is -4.50. The molecule has 0 spiro atoms. The average molecular weight is 244 g/mol. The molecule has 5 nitrogen and oxygen atoms in total. The topological polar surface area (TPSA) is 83.8 Å². The van der Waals surface area contributed by atoms with Crippen molar-refractivity contribution in [3.05, 3.63) is 35.9 Å². The number of hydrogen-bond acceptors (Lipinski definition) is 4. The highest BCUT2D eigenvalue weighted by atomic mass is 32.3. The molecule has 0 aromatic heterocycles. The Morgan fingerprint density at radius 1 is 1.44 bits per heavy atom. The molecule has 0 aliphatic carbocycles. The first kappa shape index (κ1) is 12.7. The van der Waals surface area contributed by atoms with Gasteiger partial charge in [0.05, 0.1) is 6.10 Å². The van der Waals surface area contributed by atoms with Crippen LogP contribution >= 0.6 is 0 Å². The third-order valence-electron chi connectivity index (χ3n) is 1.63. The van der Waals surface area contributed by atoms with E-state index < -0.39 is 16.5 Å². The van der Waals surface area contributed by atoms with Gasteiger partial charge in [-0.1, -0.05) is 24.3 Å². The lowest BCUT2D eigenvalue weighted by Gasteiger charge is -2.02. The van der Waals surface area contributed by atoms with Gasteiger partial charge in [-0.15, -0.1) is 0 Å². The van der Waals surface area contributed by atoms with Gasteiger partial charge in [-0.3, -0.25) is 4.55 Å². The van der Waals surface area contributed by atoms with E-state index in [4.69, 9.17) is 9.66 Å². The lowest BCUT2D eigenvalue weighted by Crippen LogP contribution is -2.06. The summed E-state index contributed by atoms with van der Waals surface area (Å²) in [6, 6.07) is 6.10. The lowest BCUT2D eigenvalue weighted by atomic mass is 10.2. The summed E-state index contributed by atoms with van der Waals surface area (Å²) in [4.78, 5) is 0. The van der Waals surface area contributed by atoms with E-state index in [1.54, 1.807) is 25.1 Å². The first-order chi connectivity index (χ1) is 7.37. The van der Waals surface area contributed by atoms with Crippen LogP contribution in [0.4, 0.5) is 0 Å². The summed E-state index contributed by atoms with van der Waals surface area (Å²) < 4.78 is 33.7. The third-order valence-corrected chi connectivity index (χ3v) is 2.03. The Balaban J connectivity index is 2.87. The molecule has 1 aromatic rings. The average Bonchev–Trinajstić information content (AvgIpc) is 2.12.